The quantitative estimate of drug-likeness (QED) is 0.788. The second-order valence-corrected chi connectivity index (χ2v) is 6.00. The molecule has 0 bridgehead atoms. The summed E-state index contributed by atoms with van der Waals surface area (Å²) >= 11 is 5.90. The van der Waals surface area contributed by atoms with E-state index in [4.69, 9.17) is 17.3 Å². The Balaban J connectivity index is 1.52. The minimum Gasteiger partial charge on any atom is -0.398 e. The van der Waals surface area contributed by atoms with Gasteiger partial charge < -0.3 is 11.1 Å². The number of benzene rings is 1. The molecular weight excluding hydrogens is 232 g/mol. The molecule has 2 aliphatic carbocycles. The normalized spacial score (nSPS) is 21.5. The van der Waals surface area contributed by atoms with Crippen LogP contribution in [0.2, 0.25) is 5.02 Å². The largest absolute Gasteiger partial charge is 0.398 e. The molecule has 92 valence electrons. The molecule has 1 aromatic rings. The molecule has 0 saturated heterocycles. The number of halogens is 1. The molecule has 3 heteroatoms. The van der Waals surface area contributed by atoms with E-state index < -0.39 is 0 Å². The molecule has 0 aliphatic heterocycles. The molecule has 0 heterocycles. The molecule has 1 aromatic carbocycles. The number of hydrogen-bond donors (Lipinski definition) is 2. The second kappa shape index (κ2) is 4.18. The van der Waals surface area contributed by atoms with Crippen LogP contribution in [-0.2, 0) is 6.54 Å². The molecule has 0 atom stereocenters. The topological polar surface area (TPSA) is 38.0 Å². The highest BCUT2D eigenvalue weighted by atomic mass is 35.5. The highest BCUT2D eigenvalue weighted by Gasteiger charge is 2.53. The summed E-state index contributed by atoms with van der Waals surface area (Å²) in [6, 6.07) is 5.89. The van der Waals surface area contributed by atoms with Gasteiger partial charge in [0.15, 0.2) is 0 Å². The van der Waals surface area contributed by atoms with Crippen LogP contribution in [0, 0.1) is 11.3 Å². The van der Waals surface area contributed by atoms with Gasteiger partial charge >= 0.3 is 0 Å². The number of hydrogen-bond acceptors (Lipinski definition) is 2. The van der Waals surface area contributed by atoms with Gasteiger partial charge in [0.05, 0.1) is 10.7 Å². The Morgan fingerprint density at radius 1 is 1.35 bits per heavy atom. The maximum Gasteiger partial charge on any atom is 0.0635 e. The fourth-order valence-corrected chi connectivity index (χ4v) is 2.86. The molecule has 3 rings (SSSR count). The van der Waals surface area contributed by atoms with Crippen molar-refractivity contribution >= 4 is 17.3 Å². The summed E-state index contributed by atoms with van der Waals surface area (Å²) < 4.78 is 0. The van der Waals surface area contributed by atoms with Gasteiger partial charge in [-0.3, -0.25) is 0 Å². The van der Waals surface area contributed by atoms with Gasteiger partial charge in [0, 0.05) is 13.1 Å². The Morgan fingerprint density at radius 2 is 2.12 bits per heavy atom. The number of nitrogens with two attached hydrogens (primary N) is 1. The summed E-state index contributed by atoms with van der Waals surface area (Å²) in [5.41, 5.74) is 8.35. The molecule has 3 N–H and O–H groups in total. The molecule has 2 saturated carbocycles. The van der Waals surface area contributed by atoms with E-state index in [2.05, 4.69) is 5.32 Å². The first-order valence-electron chi connectivity index (χ1n) is 6.44. The average Bonchev–Trinajstić information content (AvgIpc) is 3.14. The number of nitrogens with one attached hydrogen (secondary N) is 1. The van der Waals surface area contributed by atoms with Crippen LogP contribution in [0.3, 0.4) is 0 Å². The average molecular weight is 251 g/mol. The van der Waals surface area contributed by atoms with Crippen LogP contribution in [0.4, 0.5) is 5.69 Å². The van der Waals surface area contributed by atoms with Crippen LogP contribution in [0.5, 0.6) is 0 Å². The summed E-state index contributed by atoms with van der Waals surface area (Å²) in [6.07, 6.45) is 5.76. The van der Waals surface area contributed by atoms with Crippen molar-refractivity contribution in [1.29, 1.82) is 0 Å². The Kier molecular flexibility index (Phi) is 2.80. The number of rotatable bonds is 5. The zero-order valence-corrected chi connectivity index (χ0v) is 10.8. The van der Waals surface area contributed by atoms with Crippen molar-refractivity contribution in [1.82, 2.24) is 5.32 Å². The van der Waals surface area contributed by atoms with E-state index in [0.29, 0.717) is 16.1 Å². The highest BCUT2D eigenvalue weighted by molar-refractivity contribution is 6.33. The van der Waals surface area contributed by atoms with Gasteiger partial charge in [-0.05, 0) is 54.7 Å². The smallest absolute Gasteiger partial charge is 0.0635 e. The maximum absolute atomic E-state index is 5.90. The van der Waals surface area contributed by atoms with Gasteiger partial charge in [0.25, 0.3) is 0 Å². The lowest BCUT2D eigenvalue weighted by atomic mass is 10.0. The molecule has 0 spiro atoms. The van der Waals surface area contributed by atoms with Crippen LogP contribution < -0.4 is 11.1 Å². The van der Waals surface area contributed by atoms with E-state index in [1.54, 1.807) is 0 Å². The third-order valence-electron chi connectivity index (χ3n) is 4.20. The van der Waals surface area contributed by atoms with E-state index in [1.165, 1.54) is 37.8 Å². The molecule has 17 heavy (non-hydrogen) atoms. The van der Waals surface area contributed by atoms with E-state index in [9.17, 15) is 0 Å². The van der Waals surface area contributed by atoms with Gasteiger partial charge in [-0.15, -0.1) is 0 Å². The van der Waals surface area contributed by atoms with Crippen LogP contribution in [0.25, 0.3) is 0 Å². The molecule has 0 aromatic heterocycles. The highest BCUT2D eigenvalue weighted by Crippen LogP contribution is 2.60. The molecule has 2 nitrogen and oxygen atoms in total. The van der Waals surface area contributed by atoms with E-state index >= 15 is 0 Å². The van der Waals surface area contributed by atoms with E-state index in [1.807, 2.05) is 18.2 Å². The van der Waals surface area contributed by atoms with Crippen molar-refractivity contribution in [3.63, 3.8) is 0 Å². The van der Waals surface area contributed by atoms with Crippen molar-refractivity contribution in [3.05, 3.63) is 28.8 Å². The standard InChI is InChI=1S/C14H19ClN2/c15-12-4-1-10(7-13(12)16)8-17-9-14(5-6-14)11-2-3-11/h1,4,7,11,17H,2-3,5-6,8-9,16H2. The van der Waals surface area contributed by atoms with E-state index in [0.717, 1.165) is 12.5 Å². The first kappa shape index (κ1) is 11.4. The third kappa shape index (κ3) is 2.43. The maximum atomic E-state index is 5.90. The fourth-order valence-electron chi connectivity index (χ4n) is 2.74. The first-order valence-corrected chi connectivity index (χ1v) is 6.82. The van der Waals surface area contributed by atoms with Crippen LogP contribution in [0.15, 0.2) is 18.2 Å². The van der Waals surface area contributed by atoms with Crippen molar-refractivity contribution < 1.29 is 0 Å². The monoisotopic (exact) mass is 250 g/mol. The second-order valence-electron chi connectivity index (χ2n) is 5.60. The third-order valence-corrected chi connectivity index (χ3v) is 4.55. The van der Waals surface area contributed by atoms with Crippen LogP contribution in [-0.4, -0.2) is 6.54 Å². The Morgan fingerprint density at radius 3 is 2.71 bits per heavy atom. The van der Waals surface area contributed by atoms with Gasteiger partial charge in [-0.1, -0.05) is 17.7 Å². The predicted molar refractivity (Wildman–Crippen MR) is 72.0 cm³/mol. The lowest BCUT2D eigenvalue weighted by Crippen LogP contribution is -2.25. The van der Waals surface area contributed by atoms with Gasteiger partial charge in [0.2, 0.25) is 0 Å². The summed E-state index contributed by atoms with van der Waals surface area (Å²) in [7, 11) is 0. The molecular formula is C14H19ClN2. The summed E-state index contributed by atoms with van der Waals surface area (Å²) in [5, 5.41) is 4.22. The fraction of sp³-hybridized carbons (Fsp3) is 0.571. The SMILES string of the molecule is Nc1cc(CNCC2(C3CC3)CC2)ccc1Cl. The lowest BCUT2D eigenvalue weighted by molar-refractivity contribution is 0.403. The summed E-state index contributed by atoms with van der Waals surface area (Å²) in [6.45, 7) is 2.07. The molecule has 0 radical (unpaired) electrons. The van der Waals surface area contributed by atoms with Crippen LogP contribution in [0.1, 0.15) is 31.2 Å². The Labute approximate surface area is 108 Å². The zero-order valence-electron chi connectivity index (χ0n) is 10.0. The van der Waals surface area contributed by atoms with Crippen molar-refractivity contribution in [3.8, 4) is 0 Å². The van der Waals surface area contributed by atoms with Crippen molar-refractivity contribution in [2.45, 2.75) is 32.2 Å². The molecule has 2 aliphatic rings. The Bertz CT molecular complexity index is 422. The van der Waals surface area contributed by atoms with Gasteiger partial charge in [-0.2, -0.15) is 0 Å². The Hall–Kier alpha value is -0.730. The van der Waals surface area contributed by atoms with Gasteiger partial charge in [0.1, 0.15) is 0 Å². The molecule has 2 fully saturated rings. The first-order chi connectivity index (χ1) is 8.20. The van der Waals surface area contributed by atoms with E-state index in [-0.39, 0.29) is 0 Å². The van der Waals surface area contributed by atoms with Gasteiger partial charge in [-0.25, -0.2) is 0 Å². The molecule has 0 amide bonds. The van der Waals surface area contributed by atoms with Crippen molar-refractivity contribution in [2.24, 2.45) is 11.3 Å². The zero-order chi connectivity index (χ0) is 11.9. The summed E-state index contributed by atoms with van der Waals surface area (Å²) in [4.78, 5) is 0. The predicted octanol–water partition coefficient (Wildman–Crippen LogP) is 3.20. The minimum absolute atomic E-state index is 0.644. The molecule has 0 unspecified atom stereocenters. The minimum atomic E-state index is 0.644. The number of anilines is 1. The van der Waals surface area contributed by atoms with Crippen LogP contribution >= 0.6 is 11.6 Å². The number of nitrogen functional groups attached to an aromatic ring is 1. The van der Waals surface area contributed by atoms with Crippen molar-refractivity contribution in [2.75, 3.05) is 12.3 Å². The summed E-state index contributed by atoms with van der Waals surface area (Å²) in [5.74, 6) is 1.02. The lowest BCUT2D eigenvalue weighted by Gasteiger charge is -2.15.